The van der Waals surface area contributed by atoms with Gasteiger partial charge in [-0.3, -0.25) is 0 Å². The largest absolute Gasteiger partial charge is 0.329 e. The topological polar surface area (TPSA) is 64.1 Å². The van der Waals surface area contributed by atoms with Gasteiger partial charge in [-0.1, -0.05) is 0 Å². The number of hydrogen-bond acceptors (Lipinski definition) is 6. The van der Waals surface area contributed by atoms with Crippen LogP contribution in [-0.2, 0) is 0 Å². The minimum atomic E-state index is 0.195. The van der Waals surface area contributed by atoms with Crippen LogP contribution in [0.25, 0.3) is 0 Å². The number of nitrogens with two attached hydrogens (primary N) is 2. The maximum Gasteiger partial charge on any atom is 0.0278 e. The fourth-order valence-electron chi connectivity index (χ4n) is 1.35. The van der Waals surface area contributed by atoms with Gasteiger partial charge in [0, 0.05) is 30.1 Å². The molecular formula is C10H25N3S3. The van der Waals surface area contributed by atoms with Crippen LogP contribution in [0.15, 0.2) is 0 Å². The molecule has 0 aromatic heterocycles. The second-order valence-electron chi connectivity index (χ2n) is 4.09. The Kier molecular flexibility index (Phi) is 11.7. The van der Waals surface area contributed by atoms with Gasteiger partial charge in [-0.15, -0.1) is 0 Å². The van der Waals surface area contributed by atoms with E-state index >= 15 is 0 Å². The molecular weight excluding hydrogens is 258 g/mol. The molecule has 0 rings (SSSR count). The third-order valence-corrected chi connectivity index (χ3v) is 4.06. The molecule has 3 atom stereocenters. The van der Waals surface area contributed by atoms with E-state index in [4.69, 9.17) is 11.5 Å². The van der Waals surface area contributed by atoms with Crippen molar-refractivity contribution in [2.45, 2.75) is 24.9 Å². The smallest absolute Gasteiger partial charge is 0.0278 e. The summed E-state index contributed by atoms with van der Waals surface area (Å²) in [6.07, 6.45) is 2.09. The first-order chi connectivity index (χ1) is 7.67. The third kappa shape index (κ3) is 8.08. The predicted octanol–water partition coefficient (Wildman–Crippen LogP) is 0.416. The molecule has 16 heavy (non-hydrogen) atoms. The van der Waals surface area contributed by atoms with Gasteiger partial charge in [0.05, 0.1) is 0 Å². The first-order valence-corrected chi connectivity index (χ1v) is 7.59. The van der Waals surface area contributed by atoms with E-state index in [1.165, 1.54) is 0 Å². The molecule has 0 unspecified atom stereocenters. The van der Waals surface area contributed by atoms with Crippen molar-refractivity contribution in [3.8, 4) is 0 Å². The van der Waals surface area contributed by atoms with Crippen LogP contribution < -0.4 is 16.8 Å². The lowest BCUT2D eigenvalue weighted by Gasteiger charge is -2.20. The Bertz CT molecular complexity index is 156. The van der Waals surface area contributed by atoms with Crippen LogP contribution in [0.3, 0.4) is 0 Å². The summed E-state index contributed by atoms with van der Waals surface area (Å²) in [5.41, 5.74) is 11.4. The highest BCUT2D eigenvalue weighted by molar-refractivity contribution is 7.80. The van der Waals surface area contributed by atoms with Gasteiger partial charge >= 0.3 is 0 Å². The lowest BCUT2D eigenvalue weighted by Crippen LogP contribution is -2.40. The molecule has 0 spiro atoms. The highest BCUT2D eigenvalue weighted by Gasteiger charge is 2.11. The summed E-state index contributed by atoms with van der Waals surface area (Å²) in [5, 5.41) is 3.40. The molecule has 0 aliphatic carbocycles. The van der Waals surface area contributed by atoms with Crippen LogP contribution in [0.4, 0.5) is 0 Å². The minimum Gasteiger partial charge on any atom is -0.329 e. The van der Waals surface area contributed by atoms with Gasteiger partial charge in [-0.25, -0.2) is 0 Å². The van der Waals surface area contributed by atoms with E-state index in [-0.39, 0.29) is 6.04 Å². The van der Waals surface area contributed by atoms with Crippen molar-refractivity contribution in [3.63, 3.8) is 0 Å². The van der Waals surface area contributed by atoms with Gasteiger partial charge in [-0.2, -0.15) is 37.9 Å². The summed E-state index contributed by atoms with van der Waals surface area (Å²) in [6.45, 7) is 1.56. The van der Waals surface area contributed by atoms with Crippen molar-refractivity contribution in [2.24, 2.45) is 17.4 Å². The number of thiol groups is 3. The molecule has 0 bridgehead atoms. The third-order valence-electron chi connectivity index (χ3n) is 2.64. The first kappa shape index (κ1) is 16.9. The second kappa shape index (κ2) is 11.0. The highest BCUT2D eigenvalue weighted by atomic mass is 32.1. The minimum absolute atomic E-state index is 0.195. The zero-order valence-electron chi connectivity index (χ0n) is 9.68. The van der Waals surface area contributed by atoms with Gasteiger partial charge < -0.3 is 16.8 Å². The lowest BCUT2D eigenvalue weighted by atomic mass is 10.0. The molecule has 0 saturated heterocycles. The van der Waals surface area contributed by atoms with E-state index in [0.29, 0.717) is 18.5 Å². The van der Waals surface area contributed by atoms with E-state index in [9.17, 15) is 0 Å². The Morgan fingerprint density at radius 1 is 1.00 bits per heavy atom. The summed E-state index contributed by atoms with van der Waals surface area (Å²) >= 11 is 12.8. The van der Waals surface area contributed by atoms with E-state index in [0.717, 1.165) is 36.6 Å². The Labute approximate surface area is 116 Å². The molecule has 5 N–H and O–H groups in total. The summed E-state index contributed by atoms with van der Waals surface area (Å²) in [6, 6.07) is 0.491. The molecule has 0 saturated carbocycles. The zero-order chi connectivity index (χ0) is 12.4. The SMILES string of the molecule is NC[C@@H](CS)NC[C@@H](CS)CC[C@H](N)CS. The van der Waals surface area contributed by atoms with Crippen molar-refractivity contribution < 1.29 is 0 Å². The average Bonchev–Trinajstić information content (AvgIpc) is 2.33. The van der Waals surface area contributed by atoms with Crippen molar-refractivity contribution in [1.29, 1.82) is 0 Å². The van der Waals surface area contributed by atoms with E-state index in [1.54, 1.807) is 0 Å². The van der Waals surface area contributed by atoms with Crippen LogP contribution in [0, 0.1) is 5.92 Å². The molecule has 6 heteroatoms. The monoisotopic (exact) mass is 283 g/mol. The van der Waals surface area contributed by atoms with Crippen LogP contribution in [0.5, 0.6) is 0 Å². The number of nitrogens with one attached hydrogen (secondary N) is 1. The molecule has 0 heterocycles. The Balaban J connectivity index is 3.73. The Morgan fingerprint density at radius 3 is 2.12 bits per heavy atom. The zero-order valence-corrected chi connectivity index (χ0v) is 12.4. The van der Waals surface area contributed by atoms with Crippen LogP contribution >= 0.6 is 37.9 Å². The lowest BCUT2D eigenvalue weighted by molar-refractivity contribution is 0.431. The fraction of sp³-hybridized carbons (Fsp3) is 1.00. The highest BCUT2D eigenvalue weighted by Crippen LogP contribution is 2.10. The van der Waals surface area contributed by atoms with E-state index < -0.39 is 0 Å². The summed E-state index contributed by atoms with van der Waals surface area (Å²) in [4.78, 5) is 0. The number of rotatable bonds is 10. The molecule has 98 valence electrons. The van der Waals surface area contributed by atoms with Crippen LogP contribution in [0.1, 0.15) is 12.8 Å². The predicted molar refractivity (Wildman–Crippen MR) is 83.1 cm³/mol. The Hall–Kier alpha value is 0.930. The summed E-state index contributed by atoms with van der Waals surface area (Å²) in [5.74, 6) is 2.93. The van der Waals surface area contributed by atoms with Crippen molar-refractivity contribution in [3.05, 3.63) is 0 Å². The van der Waals surface area contributed by atoms with Gasteiger partial charge in [0.15, 0.2) is 0 Å². The Morgan fingerprint density at radius 2 is 1.69 bits per heavy atom. The average molecular weight is 284 g/mol. The van der Waals surface area contributed by atoms with Gasteiger partial charge in [0.25, 0.3) is 0 Å². The molecule has 0 aliphatic heterocycles. The van der Waals surface area contributed by atoms with Crippen LogP contribution in [-0.4, -0.2) is 42.4 Å². The van der Waals surface area contributed by atoms with Crippen molar-refractivity contribution in [1.82, 2.24) is 5.32 Å². The van der Waals surface area contributed by atoms with Gasteiger partial charge in [-0.05, 0) is 31.1 Å². The normalized spacial score (nSPS) is 17.1. The van der Waals surface area contributed by atoms with Crippen molar-refractivity contribution >= 4 is 37.9 Å². The van der Waals surface area contributed by atoms with Gasteiger partial charge in [0.1, 0.15) is 0 Å². The molecule has 3 nitrogen and oxygen atoms in total. The first-order valence-electron chi connectivity index (χ1n) is 5.69. The number of hydrogen-bond donors (Lipinski definition) is 6. The van der Waals surface area contributed by atoms with E-state index in [1.807, 2.05) is 0 Å². The summed E-state index contributed by atoms with van der Waals surface area (Å²) < 4.78 is 0. The standard InChI is InChI=1S/C10H25N3S3/c11-3-10(7-16)13-4-8(5-14)1-2-9(12)6-15/h8-10,13-16H,1-7,11-12H2/t8-,9-,10-/m0/s1. The maximum absolute atomic E-state index is 5.83. The van der Waals surface area contributed by atoms with E-state index in [2.05, 4.69) is 43.2 Å². The fourth-order valence-corrected chi connectivity index (χ4v) is 2.13. The molecule has 0 aromatic rings. The molecule has 0 radical (unpaired) electrons. The van der Waals surface area contributed by atoms with Gasteiger partial charge in [0.2, 0.25) is 0 Å². The maximum atomic E-state index is 5.83. The molecule has 0 amide bonds. The molecule has 0 aromatic carbocycles. The quantitative estimate of drug-likeness (QED) is 0.329. The summed E-state index contributed by atoms with van der Waals surface area (Å²) in [7, 11) is 0. The van der Waals surface area contributed by atoms with Crippen molar-refractivity contribution in [2.75, 3.05) is 30.3 Å². The molecule has 0 fully saturated rings. The molecule has 0 aliphatic rings. The van der Waals surface area contributed by atoms with Crippen LogP contribution in [0.2, 0.25) is 0 Å². The second-order valence-corrected chi connectivity index (χ2v) is 5.19.